The molecular formula is C8H9BO3. The number of benzene rings is 1. The van der Waals surface area contributed by atoms with Crippen LogP contribution in [0.15, 0.2) is 18.2 Å². The van der Waals surface area contributed by atoms with Gasteiger partial charge in [-0.3, -0.25) is 0 Å². The average Bonchev–Trinajstić information content (AvgIpc) is 2.05. The third-order valence-electron chi connectivity index (χ3n) is 1.66. The van der Waals surface area contributed by atoms with E-state index in [4.69, 9.17) is 9.84 Å². The Morgan fingerprint density at radius 2 is 2.25 bits per heavy atom. The first kappa shape index (κ1) is 8.65. The van der Waals surface area contributed by atoms with Crippen molar-refractivity contribution < 1.29 is 14.6 Å². The molecule has 0 atom stereocenters. The number of aromatic carboxylic acids is 1. The summed E-state index contributed by atoms with van der Waals surface area (Å²) < 4.78 is 4.97. The predicted octanol–water partition coefficient (Wildman–Crippen LogP) is -0.348. The average molecular weight is 164 g/mol. The zero-order valence-electron chi connectivity index (χ0n) is 7.00. The predicted molar refractivity (Wildman–Crippen MR) is 48.1 cm³/mol. The second-order valence-corrected chi connectivity index (χ2v) is 2.49. The van der Waals surface area contributed by atoms with E-state index in [0.717, 1.165) is 5.46 Å². The molecule has 1 N–H and O–H groups in total. The van der Waals surface area contributed by atoms with Crippen LogP contribution in [0.1, 0.15) is 10.4 Å². The monoisotopic (exact) mass is 164 g/mol. The molecule has 0 unspecified atom stereocenters. The molecule has 0 bridgehead atoms. The summed E-state index contributed by atoms with van der Waals surface area (Å²) in [6.45, 7) is 0. The van der Waals surface area contributed by atoms with Crippen molar-refractivity contribution in [3.05, 3.63) is 23.8 Å². The molecule has 0 spiro atoms. The van der Waals surface area contributed by atoms with Crippen LogP contribution in [0.2, 0.25) is 0 Å². The van der Waals surface area contributed by atoms with Gasteiger partial charge in [0, 0.05) is 0 Å². The van der Waals surface area contributed by atoms with Crippen molar-refractivity contribution in [1.82, 2.24) is 0 Å². The third kappa shape index (κ3) is 1.58. The van der Waals surface area contributed by atoms with Gasteiger partial charge in [0.1, 0.15) is 13.6 Å². The highest BCUT2D eigenvalue weighted by Crippen LogP contribution is 2.08. The molecule has 0 amide bonds. The smallest absolute Gasteiger partial charge is 0.335 e. The van der Waals surface area contributed by atoms with Gasteiger partial charge in [0.05, 0.1) is 12.7 Å². The summed E-state index contributed by atoms with van der Waals surface area (Å²) in [6, 6.07) is 4.79. The third-order valence-corrected chi connectivity index (χ3v) is 1.66. The molecule has 1 aromatic carbocycles. The van der Waals surface area contributed by atoms with Gasteiger partial charge in [-0.25, -0.2) is 4.79 Å². The van der Waals surface area contributed by atoms with Gasteiger partial charge in [0.2, 0.25) is 0 Å². The largest absolute Gasteiger partial charge is 0.497 e. The van der Waals surface area contributed by atoms with Gasteiger partial charge in [-0.1, -0.05) is 6.07 Å². The lowest BCUT2D eigenvalue weighted by atomic mass is 9.94. The Morgan fingerprint density at radius 3 is 2.75 bits per heavy atom. The number of methoxy groups -OCH3 is 1. The molecule has 0 aliphatic rings. The fourth-order valence-electron chi connectivity index (χ4n) is 0.953. The minimum Gasteiger partial charge on any atom is -0.497 e. The van der Waals surface area contributed by atoms with E-state index < -0.39 is 5.97 Å². The first-order chi connectivity index (χ1) is 5.65. The Labute approximate surface area is 71.4 Å². The minimum absolute atomic E-state index is 0.248. The molecule has 0 radical (unpaired) electrons. The lowest BCUT2D eigenvalue weighted by Gasteiger charge is -2.04. The van der Waals surface area contributed by atoms with Gasteiger partial charge in [-0.05, 0) is 17.6 Å². The number of carboxylic acids is 1. The van der Waals surface area contributed by atoms with Crippen LogP contribution in [-0.4, -0.2) is 26.0 Å². The fourth-order valence-corrected chi connectivity index (χ4v) is 0.953. The number of carbonyl (C=O) groups is 1. The Balaban J connectivity index is 3.13. The van der Waals surface area contributed by atoms with Gasteiger partial charge in [0.25, 0.3) is 0 Å². The van der Waals surface area contributed by atoms with E-state index in [2.05, 4.69) is 0 Å². The van der Waals surface area contributed by atoms with Crippen LogP contribution in [0.3, 0.4) is 0 Å². The zero-order valence-corrected chi connectivity index (χ0v) is 7.00. The maximum Gasteiger partial charge on any atom is 0.335 e. The molecule has 0 saturated heterocycles. The molecule has 1 rings (SSSR count). The molecule has 0 aromatic heterocycles. The summed E-state index contributed by atoms with van der Waals surface area (Å²) in [5, 5.41) is 8.64. The van der Waals surface area contributed by atoms with Crippen LogP contribution < -0.4 is 10.2 Å². The molecular weight excluding hydrogens is 155 g/mol. The van der Waals surface area contributed by atoms with E-state index in [-0.39, 0.29) is 5.56 Å². The molecule has 0 heterocycles. The SMILES string of the molecule is Bc1ccc(C(=O)O)cc1OC. The number of hydrogen-bond acceptors (Lipinski definition) is 2. The lowest BCUT2D eigenvalue weighted by molar-refractivity contribution is 0.0696. The number of carboxylic acid groups (broad SMARTS) is 1. The molecule has 12 heavy (non-hydrogen) atoms. The van der Waals surface area contributed by atoms with E-state index >= 15 is 0 Å². The van der Waals surface area contributed by atoms with Gasteiger partial charge < -0.3 is 9.84 Å². The van der Waals surface area contributed by atoms with Crippen molar-refractivity contribution in [2.75, 3.05) is 7.11 Å². The zero-order chi connectivity index (χ0) is 9.14. The Kier molecular flexibility index (Phi) is 2.38. The van der Waals surface area contributed by atoms with Crippen LogP contribution in [0.4, 0.5) is 0 Å². The quantitative estimate of drug-likeness (QED) is 0.607. The summed E-state index contributed by atoms with van der Waals surface area (Å²) in [5.74, 6) is -0.330. The molecule has 1 aromatic rings. The maximum absolute atomic E-state index is 10.5. The molecule has 0 saturated carbocycles. The van der Waals surface area contributed by atoms with Gasteiger partial charge in [0.15, 0.2) is 0 Å². The maximum atomic E-state index is 10.5. The molecule has 0 fully saturated rings. The molecule has 62 valence electrons. The van der Waals surface area contributed by atoms with Crippen LogP contribution in [0.5, 0.6) is 5.75 Å². The molecule has 4 heteroatoms. The lowest BCUT2D eigenvalue weighted by Crippen LogP contribution is -2.09. The van der Waals surface area contributed by atoms with Crippen LogP contribution in [0.25, 0.3) is 0 Å². The second-order valence-electron chi connectivity index (χ2n) is 2.49. The Hall–Kier alpha value is -1.45. The van der Waals surface area contributed by atoms with Crippen molar-refractivity contribution in [2.24, 2.45) is 0 Å². The highest BCUT2D eigenvalue weighted by atomic mass is 16.5. The standard InChI is InChI=1S/C8H9BO3/c1-12-7-4-5(8(10)11)2-3-6(7)9/h2-4H,9H2,1H3,(H,10,11). The molecule has 0 aliphatic carbocycles. The highest BCUT2D eigenvalue weighted by molar-refractivity contribution is 6.34. The van der Waals surface area contributed by atoms with Gasteiger partial charge in [-0.15, -0.1) is 0 Å². The fraction of sp³-hybridized carbons (Fsp3) is 0.125. The van der Waals surface area contributed by atoms with E-state index in [1.165, 1.54) is 13.2 Å². The van der Waals surface area contributed by atoms with Crippen LogP contribution >= 0.6 is 0 Å². The summed E-state index contributed by atoms with van der Waals surface area (Å²) in [4.78, 5) is 10.5. The Bertz CT molecular complexity index is 309. The summed E-state index contributed by atoms with van der Waals surface area (Å²) in [7, 11) is 3.39. The summed E-state index contributed by atoms with van der Waals surface area (Å²) in [5.41, 5.74) is 1.18. The normalized spacial score (nSPS) is 9.42. The van der Waals surface area contributed by atoms with E-state index in [1.807, 2.05) is 7.85 Å². The molecule has 0 aliphatic heterocycles. The van der Waals surface area contributed by atoms with Crippen LogP contribution in [-0.2, 0) is 0 Å². The Morgan fingerprint density at radius 1 is 1.58 bits per heavy atom. The topological polar surface area (TPSA) is 46.5 Å². The van der Waals surface area contributed by atoms with Gasteiger partial charge >= 0.3 is 5.97 Å². The number of rotatable bonds is 2. The first-order valence-corrected chi connectivity index (χ1v) is 3.53. The summed E-state index contributed by atoms with van der Waals surface area (Å²) >= 11 is 0. The van der Waals surface area contributed by atoms with Crippen molar-refractivity contribution >= 4 is 19.3 Å². The number of hydrogen-bond donors (Lipinski definition) is 1. The minimum atomic E-state index is -0.937. The first-order valence-electron chi connectivity index (χ1n) is 3.53. The molecule has 3 nitrogen and oxygen atoms in total. The highest BCUT2D eigenvalue weighted by Gasteiger charge is 2.05. The second kappa shape index (κ2) is 3.30. The van der Waals surface area contributed by atoms with Crippen LogP contribution in [0, 0.1) is 0 Å². The van der Waals surface area contributed by atoms with Gasteiger partial charge in [-0.2, -0.15) is 0 Å². The van der Waals surface area contributed by atoms with Crippen molar-refractivity contribution in [2.45, 2.75) is 0 Å². The van der Waals surface area contributed by atoms with Crippen molar-refractivity contribution in [1.29, 1.82) is 0 Å². The van der Waals surface area contributed by atoms with Crippen molar-refractivity contribution in [3.8, 4) is 5.75 Å². The van der Waals surface area contributed by atoms with E-state index in [1.54, 1.807) is 12.1 Å². The van der Waals surface area contributed by atoms with E-state index in [9.17, 15) is 4.79 Å². The number of ether oxygens (including phenoxy) is 1. The van der Waals surface area contributed by atoms with E-state index in [0.29, 0.717) is 5.75 Å². The summed E-state index contributed by atoms with van der Waals surface area (Å²) in [6.07, 6.45) is 0. The van der Waals surface area contributed by atoms with Crippen molar-refractivity contribution in [3.63, 3.8) is 0 Å².